The maximum absolute atomic E-state index is 14.0. The average Bonchev–Trinajstić information content (AvgIpc) is 3.50. The summed E-state index contributed by atoms with van der Waals surface area (Å²) in [6, 6.07) is 14.7. The summed E-state index contributed by atoms with van der Waals surface area (Å²) in [5.74, 6) is -0.500. The van der Waals surface area contributed by atoms with Crippen LogP contribution in [-0.4, -0.2) is 93.9 Å². The fourth-order valence-corrected chi connectivity index (χ4v) is 7.12. The molecule has 2 aromatic rings. The number of hydrogen-bond acceptors (Lipinski definition) is 9. The van der Waals surface area contributed by atoms with Crippen molar-refractivity contribution in [1.82, 2.24) is 14.5 Å². The second kappa shape index (κ2) is 16.2. The Hall–Kier alpha value is -3.19. The number of hydrogen-bond donors (Lipinski definition) is 2. The molecule has 2 aliphatic heterocycles. The molecule has 0 aromatic heterocycles. The van der Waals surface area contributed by atoms with E-state index < -0.39 is 34.2 Å². The molecule has 0 spiro atoms. The molecule has 2 aromatic carbocycles. The lowest BCUT2D eigenvalue weighted by Crippen LogP contribution is -2.53. The van der Waals surface area contributed by atoms with Crippen LogP contribution in [0, 0.1) is 5.92 Å². The second-order valence-electron chi connectivity index (χ2n) is 12.0. The third-order valence-electron chi connectivity index (χ3n) is 7.77. The number of carbonyl (C=O) groups excluding carboxylic acids is 2. The van der Waals surface area contributed by atoms with Crippen molar-refractivity contribution < 1.29 is 32.2 Å². The van der Waals surface area contributed by atoms with Crippen molar-refractivity contribution in [2.45, 2.75) is 69.1 Å². The Morgan fingerprint density at radius 2 is 1.75 bits per heavy atom. The Bertz CT molecular complexity index is 1300. The summed E-state index contributed by atoms with van der Waals surface area (Å²) in [5, 5.41) is 2.91. The number of likely N-dealkylation sites (tertiary alicyclic amines) is 1. The third kappa shape index (κ3) is 10.2. The van der Waals surface area contributed by atoms with Crippen LogP contribution in [0.4, 0.5) is 10.5 Å². The standard InChI is InChI=1S/C32H46N4O7S/c1-24(2)20-36(44(39,40)28-13-11-26(33)12-14-28)21-30(43-31(37)22-35-16-7-4-8-17-35)29(19-25-9-5-3-6-10-25)34-32(38)42-27-15-18-41-23-27/h3,5-6,9-14,24,27,29-30H,4,7-8,15-23,33H2,1-2H3,(H,34,38). The Balaban J connectivity index is 1.65. The van der Waals surface area contributed by atoms with Crippen LogP contribution in [0.25, 0.3) is 0 Å². The van der Waals surface area contributed by atoms with Crippen molar-refractivity contribution >= 4 is 27.8 Å². The normalized spacial score (nSPS) is 19.0. The van der Waals surface area contributed by atoms with Gasteiger partial charge in [0.05, 0.1) is 37.2 Å². The number of nitrogen functional groups attached to an aromatic ring is 1. The van der Waals surface area contributed by atoms with Gasteiger partial charge < -0.3 is 25.3 Å². The van der Waals surface area contributed by atoms with Crippen molar-refractivity contribution in [1.29, 1.82) is 0 Å². The first-order valence-corrected chi connectivity index (χ1v) is 16.9. The van der Waals surface area contributed by atoms with Crippen LogP contribution in [0.5, 0.6) is 0 Å². The summed E-state index contributed by atoms with van der Waals surface area (Å²) in [6.07, 6.45) is 1.96. The van der Waals surface area contributed by atoms with E-state index in [1.54, 1.807) is 12.1 Å². The van der Waals surface area contributed by atoms with E-state index in [1.165, 1.54) is 16.4 Å². The van der Waals surface area contributed by atoms with Gasteiger partial charge in [0.1, 0.15) is 12.2 Å². The van der Waals surface area contributed by atoms with Crippen molar-refractivity contribution in [2.75, 3.05) is 51.7 Å². The quantitative estimate of drug-likeness (QED) is 0.237. The van der Waals surface area contributed by atoms with E-state index in [9.17, 15) is 18.0 Å². The molecule has 4 rings (SSSR count). The number of piperidine rings is 1. The van der Waals surface area contributed by atoms with Gasteiger partial charge in [-0.3, -0.25) is 9.69 Å². The first-order valence-electron chi connectivity index (χ1n) is 15.5. The van der Waals surface area contributed by atoms with Crippen molar-refractivity contribution in [3.05, 3.63) is 60.2 Å². The molecule has 44 heavy (non-hydrogen) atoms. The highest BCUT2D eigenvalue weighted by molar-refractivity contribution is 7.89. The van der Waals surface area contributed by atoms with Gasteiger partial charge in [0.2, 0.25) is 10.0 Å². The topological polar surface area (TPSA) is 140 Å². The Labute approximate surface area is 261 Å². The smallest absolute Gasteiger partial charge is 0.407 e. The zero-order valence-corrected chi connectivity index (χ0v) is 26.5. The SMILES string of the molecule is CC(C)CN(CC(OC(=O)CN1CCCCC1)C(Cc1ccccc1)NC(=O)OC1CCOC1)S(=O)(=O)c1ccc(N)cc1. The van der Waals surface area contributed by atoms with Crippen LogP contribution < -0.4 is 11.1 Å². The molecule has 3 atom stereocenters. The molecule has 2 saturated heterocycles. The molecular formula is C32H46N4O7S. The summed E-state index contributed by atoms with van der Waals surface area (Å²) in [6.45, 7) is 6.36. The van der Waals surface area contributed by atoms with Gasteiger partial charge in [0, 0.05) is 18.7 Å². The molecule has 3 unspecified atom stereocenters. The number of ether oxygens (including phenoxy) is 3. The maximum atomic E-state index is 14.0. The number of nitrogens with two attached hydrogens (primary N) is 1. The lowest BCUT2D eigenvalue weighted by Gasteiger charge is -2.34. The zero-order valence-electron chi connectivity index (χ0n) is 25.7. The third-order valence-corrected chi connectivity index (χ3v) is 9.61. The maximum Gasteiger partial charge on any atom is 0.407 e. The van der Waals surface area contributed by atoms with Gasteiger partial charge in [-0.1, -0.05) is 50.6 Å². The molecule has 242 valence electrons. The lowest BCUT2D eigenvalue weighted by molar-refractivity contribution is -0.152. The van der Waals surface area contributed by atoms with Gasteiger partial charge in [-0.25, -0.2) is 13.2 Å². The molecule has 2 heterocycles. The monoisotopic (exact) mass is 630 g/mol. The van der Waals surface area contributed by atoms with Gasteiger partial charge in [-0.15, -0.1) is 0 Å². The fourth-order valence-electron chi connectivity index (χ4n) is 5.51. The summed E-state index contributed by atoms with van der Waals surface area (Å²) in [7, 11) is -4.01. The van der Waals surface area contributed by atoms with E-state index in [-0.39, 0.29) is 43.0 Å². The van der Waals surface area contributed by atoms with E-state index in [0.29, 0.717) is 25.3 Å². The Morgan fingerprint density at radius 3 is 2.39 bits per heavy atom. The fraction of sp³-hybridized carbons (Fsp3) is 0.562. The molecule has 0 radical (unpaired) electrons. The van der Waals surface area contributed by atoms with Crippen molar-refractivity contribution in [2.24, 2.45) is 5.92 Å². The van der Waals surface area contributed by atoms with Crippen LogP contribution in [-0.2, 0) is 35.4 Å². The number of benzene rings is 2. The molecule has 11 nitrogen and oxygen atoms in total. The van der Waals surface area contributed by atoms with Gasteiger partial charge in [-0.2, -0.15) is 4.31 Å². The highest BCUT2D eigenvalue weighted by Crippen LogP contribution is 2.22. The molecule has 0 saturated carbocycles. The number of nitrogens with one attached hydrogen (secondary N) is 1. The number of anilines is 1. The zero-order chi connectivity index (χ0) is 31.5. The predicted octanol–water partition coefficient (Wildman–Crippen LogP) is 3.44. The molecule has 12 heteroatoms. The molecule has 2 fully saturated rings. The summed E-state index contributed by atoms with van der Waals surface area (Å²) >= 11 is 0. The number of carbonyl (C=O) groups is 2. The van der Waals surface area contributed by atoms with Crippen LogP contribution >= 0.6 is 0 Å². The minimum Gasteiger partial charge on any atom is -0.458 e. The van der Waals surface area contributed by atoms with Gasteiger partial charge in [0.15, 0.2) is 0 Å². The summed E-state index contributed by atoms with van der Waals surface area (Å²) in [4.78, 5) is 28.7. The predicted molar refractivity (Wildman–Crippen MR) is 167 cm³/mol. The van der Waals surface area contributed by atoms with E-state index in [2.05, 4.69) is 5.32 Å². The Morgan fingerprint density at radius 1 is 1.05 bits per heavy atom. The summed E-state index contributed by atoms with van der Waals surface area (Å²) in [5.41, 5.74) is 7.16. The van der Waals surface area contributed by atoms with E-state index in [0.717, 1.165) is 37.9 Å². The molecule has 0 aliphatic carbocycles. The average molecular weight is 631 g/mol. The van der Waals surface area contributed by atoms with Crippen LogP contribution in [0.2, 0.25) is 0 Å². The van der Waals surface area contributed by atoms with E-state index in [4.69, 9.17) is 19.9 Å². The first kappa shape index (κ1) is 33.7. The van der Waals surface area contributed by atoms with E-state index in [1.807, 2.05) is 49.1 Å². The number of amides is 1. The van der Waals surface area contributed by atoms with Crippen LogP contribution in [0.15, 0.2) is 59.5 Å². The highest BCUT2D eigenvalue weighted by Gasteiger charge is 2.35. The van der Waals surface area contributed by atoms with Gasteiger partial charge in [-0.05, 0) is 68.1 Å². The van der Waals surface area contributed by atoms with Gasteiger partial charge in [0.25, 0.3) is 0 Å². The first-order chi connectivity index (χ1) is 21.1. The Kier molecular flexibility index (Phi) is 12.4. The summed E-state index contributed by atoms with van der Waals surface area (Å²) < 4.78 is 46.3. The lowest BCUT2D eigenvalue weighted by atomic mass is 10.0. The number of nitrogens with zero attached hydrogens (tertiary/aromatic N) is 2. The molecule has 0 bridgehead atoms. The van der Waals surface area contributed by atoms with Crippen LogP contribution in [0.1, 0.15) is 45.1 Å². The van der Waals surface area contributed by atoms with E-state index >= 15 is 0 Å². The molecular weight excluding hydrogens is 584 g/mol. The molecule has 3 N–H and O–H groups in total. The number of esters is 1. The minimum atomic E-state index is -4.01. The molecule has 1 amide bonds. The largest absolute Gasteiger partial charge is 0.458 e. The van der Waals surface area contributed by atoms with Crippen LogP contribution in [0.3, 0.4) is 0 Å². The molecule has 2 aliphatic rings. The van der Waals surface area contributed by atoms with Crippen molar-refractivity contribution in [3.63, 3.8) is 0 Å². The van der Waals surface area contributed by atoms with Gasteiger partial charge >= 0.3 is 12.1 Å². The second-order valence-corrected chi connectivity index (χ2v) is 13.9. The number of rotatable bonds is 14. The van der Waals surface area contributed by atoms with Crippen molar-refractivity contribution in [3.8, 4) is 0 Å². The minimum absolute atomic E-state index is 0.0314. The highest BCUT2D eigenvalue weighted by atomic mass is 32.2. The number of sulfonamides is 1. The number of alkyl carbamates (subject to hydrolysis) is 1.